The number of hydrogen-bond donors (Lipinski definition) is 1. The van der Waals surface area contributed by atoms with E-state index in [0.29, 0.717) is 5.92 Å². The molecule has 19 heavy (non-hydrogen) atoms. The molecule has 1 unspecified atom stereocenters. The molecule has 1 fully saturated rings. The van der Waals surface area contributed by atoms with Gasteiger partial charge in [-0.1, -0.05) is 6.07 Å². The monoisotopic (exact) mass is 260 g/mol. The zero-order chi connectivity index (χ0) is 13.2. The molecular weight excluding hydrogens is 240 g/mol. The van der Waals surface area contributed by atoms with Crippen LogP contribution in [0.5, 0.6) is 0 Å². The van der Waals surface area contributed by atoms with Crippen molar-refractivity contribution in [1.82, 2.24) is 4.90 Å². The fraction of sp³-hybridized carbons (Fsp3) is 0.533. The third kappa shape index (κ3) is 2.45. The van der Waals surface area contributed by atoms with E-state index in [1.165, 1.54) is 5.56 Å². The van der Waals surface area contributed by atoms with Gasteiger partial charge in [0.1, 0.15) is 0 Å². The Morgan fingerprint density at radius 1 is 1.53 bits per heavy atom. The van der Waals surface area contributed by atoms with E-state index in [9.17, 15) is 4.79 Å². The molecular formula is C15H20N2O2. The van der Waals surface area contributed by atoms with Crippen molar-refractivity contribution in [1.29, 1.82) is 0 Å². The van der Waals surface area contributed by atoms with E-state index in [0.717, 1.165) is 50.3 Å². The number of rotatable bonds is 3. The second-order valence-electron chi connectivity index (χ2n) is 5.41. The third-order valence-electron chi connectivity index (χ3n) is 4.04. The van der Waals surface area contributed by atoms with Crippen molar-refractivity contribution in [3.05, 3.63) is 29.3 Å². The maximum Gasteiger partial charge on any atom is 0.253 e. The number of amides is 1. The van der Waals surface area contributed by atoms with Gasteiger partial charge in [-0.05, 0) is 30.5 Å². The van der Waals surface area contributed by atoms with Gasteiger partial charge in [0.15, 0.2) is 0 Å². The van der Waals surface area contributed by atoms with Crippen molar-refractivity contribution < 1.29 is 9.53 Å². The molecule has 2 aliphatic heterocycles. The van der Waals surface area contributed by atoms with Gasteiger partial charge >= 0.3 is 0 Å². The molecule has 1 aromatic carbocycles. The maximum atomic E-state index is 12.5. The lowest BCUT2D eigenvalue weighted by atomic mass is 10.1. The summed E-state index contributed by atoms with van der Waals surface area (Å²) in [4.78, 5) is 14.4. The minimum absolute atomic E-state index is 0.148. The standard InChI is InChI=1S/C15H20N2O2/c1-19-10-11-5-7-17(9-11)15(18)13-3-2-12-4-6-16-14(12)8-13/h2-3,8,11,16H,4-7,9-10H2,1H3. The van der Waals surface area contributed by atoms with Gasteiger partial charge in [-0.2, -0.15) is 0 Å². The van der Waals surface area contributed by atoms with E-state index in [2.05, 4.69) is 11.4 Å². The van der Waals surface area contributed by atoms with Crippen LogP contribution in [0.15, 0.2) is 18.2 Å². The molecule has 1 aromatic rings. The molecule has 2 heterocycles. The minimum atomic E-state index is 0.148. The van der Waals surface area contributed by atoms with Gasteiger partial charge in [-0.25, -0.2) is 0 Å². The first-order chi connectivity index (χ1) is 9.28. The van der Waals surface area contributed by atoms with Crippen LogP contribution in [-0.4, -0.2) is 44.2 Å². The lowest BCUT2D eigenvalue weighted by Gasteiger charge is -2.17. The molecule has 3 rings (SSSR count). The van der Waals surface area contributed by atoms with Gasteiger partial charge in [0.25, 0.3) is 5.91 Å². The van der Waals surface area contributed by atoms with E-state index in [1.807, 2.05) is 17.0 Å². The molecule has 2 aliphatic rings. The van der Waals surface area contributed by atoms with Crippen LogP contribution in [0.4, 0.5) is 5.69 Å². The van der Waals surface area contributed by atoms with Gasteiger partial charge in [0, 0.05) is 43.9 Å². The Hall–Kier alpha value is -1.55. The average molecular weight is 260 g/mol. The van der Waals surface area contributed by atoms with E-state index in [1.54, 1.807) is 7.11 Å². The van der Waals surface area contributed by atoms with Crippen molar-refractivity contribution in [3.63, 3.8) is 0 Å². The topological polar surface area (TPSA) is 41.6 Å². The van der Waals surface area contributed by atoms with Crippen molar-refractivity contribution in [3.8, 4) is 0 Å². The second kappa shape index (κ2) is 5.21. The zero-order valence-electron chi connectivity index (χ0n) is 11.3. The van der Waals surface area contributed by atoms with Gasteiger partial charge < -0.3 is 15.0 Å². The van der Waals surface area contributed by atoms with Gasteiger partial charge in [-0.15, -0.1) is 0 Å². The number of nitrogens with zero attached hydrogens (tertiary/aromatic N) is 1. The van der Waals surface area contributed by atoms with Gasteiger partial charge in [0.2, 0.25) is 0 Å². The quantitative estimate of drug-likeness (QED) is 0.900. The number of nitrogens with one attached hydrogen (secondary N) is 1. The second-order valence-corrected chi connectivity index (χ2v) is 5.41. The first-order valence-corrected chi connectivity index (χ1v) is 6.93. The van der Waals surface area contributed by atoms with E-state index >= 15 is 0 Å². The smallest absolute Gasteiger partial charge is 0.253 e. The number of anilines is 1. The first kappa shape index (κ1) is 12.5. The molecule has 0 bridgehead atoms. The summed E-state index contributed by atoms with van der Waals surface area (Å²) in [6, 6.07) is 6.03. The van der Waals surface area contributed by atoms with Gasteiger partial charge in [-0.3, -0.25) is 4.79 Å². The molecule has 0 radical (unpaired) electrons. The highest BCUT2D eigenvalue weighted by molar-refractivity contribution is 5.95. The molecule has 0 aromatic heterocycles. The number of methoxy groups -OCH3 is 1. The molecule has 1 saturated heterocycles. The largest absolute Gasteiger partial charge is 0.384 e. The van der Waals surface area contributed by atoms with Crippen molar-refractivity contribution in [2.24, 2.45) is 5.92 Å². The normalized spacial score (nSPS) is 21.3. The summed E-state index contributed by atoms with van der Waals surface area (Å²) in [5.74, 6) is 0.636. The number of likely N-dealkylation sites (tertiary alicyclic amines) is 1. The highest BCUT2D eigenvalue weighted by Crippen LogP contribution is 2.25. The molecule has 1 amide bonds. The number of carbonyl (C=O) groups excluding carboxylic acids is 1. The van der Waals surface area contributed by atoms with Crippen molar-refractivity contribution >= 4 is 11.6 Å². The van der Waals surface area contributed by atoms with Crippen LogP contribution in [0.25, 0.3) is 0 Å². The summed E-state index contributed by atoms with van der Waals surface area (Å²) >= 11 is 0. The molecule has 102 valence electrons. The SMILES string of the molecule is COCC1CCN(C(=O)c2ccc3c(c2)NCC3)C1. The summed E-state index contributed by atoms with van der Waals surface area (Å²) < 4.78 is 5.17. The van der Waals surface area contributed by atoms with Crippen molar-refractivity contribution in [2.75, 3.05) is 38.7 Å². The molecule has 0 aliphatic carbocycles. The highest BCUT2D eigenvalue weighted by Gasteiger charge is 2.27. The van der Waals surface area contributed by atoms with Crippen LogP contribution < -0.4 is 5.32 Å². The Labute approximate surface area is 113 Å². The lowest BCUT2D eigenvalue weighted by Crippen LogP contribution is -2.29. The molecule has 1 atom stereocenters. The van der Waals surface area contributed by atoms with Crippen molar-refractivity contribution in [2.45, 2.75) is 12.8 Å². The fourth-order valence-electron chi connectivity index (χ4n) is 3.00. The maximum absolute atomic E-state index is 12.5. The predicted octanol–water partition coefficient (Wildman–Crippen LogP) is 1.76. The Balaban J connectivity index is 1.71. The van der Waals surface area contributed by atoms with Crippen LogP contribution in [-0.2, 0) is 11.2 Å². The lowest BCUT2D eigenvalue weighted by molar-refractivity contribution is 0.0775. The minimum Gasteiger partial charge on any atom is -0.384 e. The number of hydrogen-bond acceptors (Lipinski definition) is 3. The molecule has 0 spiro atoms. The molecule has 0 saturated carbocycles. The number of carbonyl (C=O) groups is 1. The molecule has 4 heteroatoms. The van der Waals surface area contributed by atoms with Crippen LogP contribution in [0, 0.1) is 5.92 Å². The highest BCUT2D eigenvalue weighted by atomic mass is 16.5. The van der Waals surface area contributed by atoms with Gasteiger partial charge in [0.05, 0.1) is 6.61 Å². The van der Waals surface area contributed by atoms with Crippen LogP contribution in [0.3, 0.4) is 0 Å². The van der Waals surface area contributed by atoms with Crippen LogP contribution in [0.2, 0.25) is 0 Å². The zero-order valence-corrected chi connectivity index (χ0v) is 11.3. The Kier molecular flexibility index (Phi) is 3.42. The molecule has 1 N–H and O–H groups in total. The summed E-state index contributed by atoms with van der Waals surface area (Å²) in [6.07, 6.45) is 2.10. The summed E-state index contributed by atoms with van der Waals surface area (Å²) in [6.45, 7) is 3.39. The fourth-order valence-corrected chi connectivity index (χ4v) is 3.00. The Morgan fingerprint density at radius 2 is 2.42 bits per heavy atom. The summed E-state index contributed by atoms with van der Waals surface area (Å²) in [7, 11) is 1.72. The Morgan fingerprint density at radius 3 is 3.26 bits per heavy atom. The molecule has 4 nitrogen and oxygen atoms in total. The van der Waals surface area contributed by atoms with E-state index in [-0.39, 0.29) is 5.91 Å². The van der Waals surface area contributed by atoms with E-state index < -0.39 is 0 Å². The van der Waals surface area contributed by atoms with Crippen LogP contribution in [0.1, 0.15) is 22.3 Å². The first-order valence-electron chi connectivity index (χ1n) is 6.93. The average Bonchev–Trinajstić information content (AvgIpc) is 3.05. The number of ether oxygens (including phenoxy) is 1. The number of benzene rings is 1. The summed E-state index contributed by atoms with van der Waals surface area (Å²) in [5, 5.41) is 3.32. The Bertz CT molecular complexity index is 487. The van der Waals surface area contributed by atoms with E-state index in [4.69, 9.17) is 4.74 Å². The summed E-state index contributed by atoms with van der Waals surface area (Å²) in [5.41, 5.74) is 3.24. The third-order valence-corrected chi connectivity index (χ3v) is 4.04. The predicted molar refractivity (Wildman–Crippen MR) is 74.5 cm³/mol. The number of fused-ring (bicyclic) bond motifs is 1. The van der Waals surface area contributed by atoms with Crippen LogP contribution >= 0.6 is 0 Å².